The fraction of sp³-hybridized carbons (Fsp3) is 0.0455. The van der Waals surface area contributed by atoms with E-state index in [4.69, 9.17) is 11.6 Å². The quantitative estimate of drug-likeness (QED) is 0.486. The zero-order chi connectivity index (χ0) is 17.8. The Hall–Kier alpha value is -2.62. The smallest absolute Gasteiger partial charge is 0.0966 e. The lowest BCUT2D eigenvalue weighted by Gasteiger charge is -2.37. The molecule has 0 saturated carbocycles. The third-order valence-electron chi connectivity index (χ3n) is 4.80. The van der Waals surface area contributed by atoms with Crippen LogP contribution in [-0.2, 0) is 5.16 Å². The minimum Gasteiger partial charge on any atom is -0.326 e. The zero-order valence-corrected chi connectivity index (χ0v) is 16.5. The van der Waals surface area contributed by atoms with Gasteiger partial charge in [-0.05, 0) is 23.3 Å². The van der Waals surface area contributed by atoms with Gasteiger partial charge in [0.1, 0.15) is 0 Å². The van der Waals surface area contributed by atoms with Crippen molar-refractivity contribution in [3.05, 3.63) is 120 Å². The molecule has 0 aliphatic rings. The highest BCUT2D eigenvalue weighted by Crippen LogP contribution is 2.33. The number of benzene rings is 3. The Kier molecular flexibility index (Phi) is 4.74. The van der Waals surface area contributed by atoms with Gasteiger partial charge in [0.15, 0.2) is 0 Å². The van der Waals surface area contributed by atoms with Crippen LogP contribution in [0.25, 0.3) is 0 Å². The molecule has 3 aromatic carbocycles. The second-order valence-electron chi connectivity index (χ2n) is 6.37. The minimum atomic E-state index is -0.853. The van der Waals surface area contributed by atoms with E-state index in [1.165, 1.54) is 16.3 Å². The number of hydrogen-bond donors (Lipinski definition) is 0. The van der Waals surface area contributed by atoms with Crippen molar-refractivity contribution in [2.75, 3.05) is 0 Å². The Morgan fingerprint density at radius 1 is 0.808 bits per heavy atom. The average Bonchev–Trinajstić information content (AvgIpc) is 3.23. The molecule has 0 bridgehead atoms. The van der Waals surface area contributed by atoms with E-state index < -0.39 is 9.52 Å². The molecule has 1 heterocycles. The molecule has 0 radical (unpaired) electrons. The number of nitrogens with zero attached hydrogens (tertiary/aromatic N) is 2. The van der Waals surface area contributed by atoms with E-state index in [9.17, 15) is 0 Å². The van der Waals surface area contributed by atoms with Gasteiger partial charge in [-0.3, -0.25) is 0 Å². The summed E-state index contributed by atoms with van der Waals surface area (Å²) >= 11 is 6.29. The summed E-state index contributed by atoms with van der Waals surface area (Å²) in [6, 6.07) is 29.7. The number of hydrogen-bond acceptors (Lipinski definition) is 1. The van der Waals surface area contributed by atoms with Crippen molar-refractivity contribution in [1.29, 1.82) is 0 Å². The highest BCUT2D eigenvalue weighted by atomic mass is 35.5. The van der Waals surface area contributed by atoms with Crippen LogP contribution in [0.15, 0.2) is 104 Å². The Morgan fingerprint density at radius 2 is 1.46 bits per heavy atom. The third-order valence-corrected chi connectivity index (χ3v) is 7.57. The van der Waals surface area contributed by atoms with Crippen LogP contribution >= 0.6 is 11.6 Å². The summed E-state index contributed by atoms with van der Waals surface area (Å²) in [4.78, 5) is 4.36. The topological polar surface area (TPSA) is 17.8 Å². The maximum absolute atomic E-state index is 6.29. The summed E-state index contributed by atoms with van der Waals surface area (Å²) in [5.74, 6) is 0. The fourth-order valence-electron chi connectivity index (χ4n) is 3.62. The molecule has 128 valence electrons. The molecule has 26 heavy (non-hydrogen) atoms. The van der Waals surface area contributed by atoms with E-state index in [-0.39, 0.29) is 5.16 Å². The van der Waals surface area contributed by atoms with Crippen molar-refractivity contribution >= 4 is 26.3 Å². The van der Waals surface area contributed by atoms with E-state index in [0.29, 0.717) is 0 Å². The van der Waals surface area contributed by atoms with Gasteiger partial charge in [-0.15, -0.1) is 0 Å². The maximum atomic E-state index is 6.29. The molecule has 2 nitrogen and oxygen atoms in total. The van der Waals surface area contributed by atoms with Crippen molar-refractivity contribution in [3.8, 4) is 0 Å². The molecule has 4 heteroatoms. The minimum absolute atomic E-state index is 0.260. The van der Waals surface area contributed by atoms with Crippen molar-refractivity contribution in [1.82, 2.24) is 9.55 Å². The van der Waals surface area contributed by atoms with Crippen LogP contribution in [-0.4, -0.2) is 19.1 Å². The van der Waals surface area contributed by atoms with Crippen LogP contribution in [0.4, 0.5) is 0 Å². The lowest BCUT2D eigenvalue weighted by molar-refractivity contribution is 0.596. The first-order valence-corrected chi connectivity index (χ1v) is 10.4. The molecule has 0 fully saturated rings. The van der Waals surface area contributed by atoms with Gasteiger partial charge in [0, 0.05) is 17.4 Å². The molecule has 4 aromatic rings. The average molecular weight is 375 g/mol. The van der Waals surface area contributed by atoms with E-state index in [1.54, 1.807) is 0 Å². The SMILES string of the molecule is Clc1cccc([SiH2]C(c2ccccc2)(c2ccccc2)n2ccnc2)c1. The summed E-state index contributed by atoms with van der Waals surface area (Å²) in [6.45, 7) is 0. The molecule has 0 aliphatic carbocycles. The number of halogens is 1. The second kappa shape index (κ2) is 7.32. The molecule has 1 aromatic heterocycles. The summed E-state index contributed by atoms with van der Waals surface area (Å²) in [7, 11) is -0.853. The van der Waals surface area contributed by atoms with Crippen molar-refractivity contribution in [3.63, 3.8) is 0 Å². The lowest BCUT2D eigenvalue weighted by atomic mass is 9.97. The number of aromatic nitrogens is 2. The van der Waals surface area contributed by atoms with Crippen molar-refractivity contribution < 1.29 is 0 Å². The monoisotopic (exact) mass is 374 g/mol. The van der Waals surface area contributed by atoms with Gasteiger partial charge in [0.05, 0.1) is 21.0 Å². The zero-order valence-electron chi connectivity index (χ0n) is 14.3. The largest absolute Gasteiger partial charge is 0.326 e. The molecular weight excluding hydrogens is 356 g/mol. The molecule has 0 amide bonds. The number of rotatable bonds is 5. The Morgan fingerprint density at radius 3 is 2.00 bits per heavy atom. The lowest BCUT2D eigenvalue weighted by Crippen LogP contribution is -2.46. The van der Waals surface area contributed by atoms with E-state index >= 15 is 0 Å². The predicted molar refractivity (Wildman–Crippen MR) is 111 cm³/mol. The molecule has 4 rings (SSSR count). The molecule has 0 unspecified atom stereocenters. The number of imidazole rings is 1. The Labute approximate surface area is 160 Å². The fourth-order valence-corrected chi connectivity index (χ4v) is 6.37. The van der Waals surface area contributed by atoms with Gasteiger partial charge >= 0.3 is 0 Å². The Bertz CT molecular complexity index is 930. The summed E-state index contributed by atoms with van der Waals surface area (Å²) < 4.78 is 2.25. The molecule has 0 N–H and O–H groups in total. The van der Waals surface area contributed by atoms with E-state index in [0.717, 1.165) is 5.02 Å². The molecule has 0 spiro atoms. The van der Waals surface area contributed by atoms with Crippen LogP contribution in [0.2, 0.25) is 5.02 Å². The van der Waals surface area contributed by atoms with Crippen LogP contribution in [0.3, 0.4) is 0 Å². The van der Waals surface area contributed by atoms with E-state index in [1.807, 2.05) is 24.7 Å². The van der Waals surface area contributed by atoms with Gasteiger partial charge in [-0.1, -0.05) is 89.6 Å². The first-order valence-electron chi connectivity index (χ1n) is 8.63. The molecule has 0 aliphatic heterocycles. The first kappa shape index (κ1) is 16.8. The molecule has 0 saturated heterocycles. The second-order valence-corrected chi connectivity index (χ2v) is 9.00. The van der Waals surface area contributed by atoms with Gasteiger partial charge in [0.25, 0.3) is 0 Å². The predicted octanol–water partition coefficient (Wildman–Crippen LogP) is 3.78. The Balaban J connectivity index is 1.98. The third kappa shape index (κ3) is 3.12. The van der Waals surface area contributed by atoms with Crippen LogP contribution < -0.4 is 5.19 Å². The normalized spacial score (nSPS) is 11.9. The summed E-state index contributed by atoms with van der Waals surface area (Å²) in [6.07, 6.45) is 5.85. The summed E-state index contributed by atoms with van der Waals surface area (Å²) in [5.41, 5.74) is 2.55. The highest BCUT2D eigenvalue weighted by Gasteiger charge is 2.36. The van der Waals surface area contributed by atoms with Gasteiger partial charge in [0.2, 0.25) is 0 Å². The van der Waals surface area contributed by atoms with Crippen LogP contribution in [0, 0.1) is 0 Å². The van der Waals surface area contributed by atoms with Crippen LogP contribution in [0.5, 0.6) is 0 Å². The summed E-state index contributed by atoms with van der Waals surface area (Å²) in [5, 5.41) is 1.85. The highest BCUT2D eigenvalue weighted by molar-refractivity contribution is 6.58. The maximum Gasteiger partial charge on any atom is 0.0966 e. The van der Waals surface area contributed by atoms with E-state index in [2.05, 4.69) is 88.5 Å². The molecule has 0 atom stereocenters. The first-order chi connectivity index (χ1) is 12.8. The standard InChI is InChI=1S/C22H19ClN2Si/c23-20-12-7-13-21(16-20)26-22(25-15-14-24-17-25,18-8-3-1-4-9-18)19-10-5-2-6-11-19/h1-17H,26H2. The van der Waals surface area contributed by atoms with Crippen LogP contribution in [0.1, 0.15) is 11.1 Å². The van der Waals surface area contributed by atoms with Crippen molar-refractivity contribution in [2.45, 2.75) is 5.16 Å². The van der Waals surface area contributed by atoms with Crippen molar-refractivity contribution in [2.24, 2.45) is 0 Å². The van der Waals surface area contributed by atoms with Gasteiger partial charge in [-0.25, -0.2) is 4.98 Å². The van der Waals surface area contributed by atoms with Gasteiger partial charge < -0.3 is 4.57 Å². The molecular formula is C22H19ClN2Si. The van der Waals surface area contributed by atoms with Gasteiger partial charge in [-0.2, -0.15) is 0 Å².